The summed E-state index contributed by atoms with van der Waals surface area (Å²) in [5.74, 6) is -0.0669. The summed E-state index contributed by atoms with van der Waals surface area (Å²) >= 11 is 0. The van der Waals surface area contributed by atoms with E-state index in [4.69, 9.17) is 15.2 Å². The Hall–Kier alpha value is -1.46. The Bertz CT molecular complexity index is 372. The summed E-state index contributed by atoms with van der Waals surface area (Å²) in [6.07, 6.45) is 2.54. The second kappa shape index (κ2) is 5.75. The highest BCUT2D eigenvalue weighted by Crippen LogP contribution is 2.13. The molecule has 2 rings (SSSR count). The molecular weight excluding hydrogens is 220 g/mol. The van der Waals surface area contributed by atoms with Crippen molar-refractivity contribution in [2.45, 2.75) is 13.0 Å². The fraction of sp³-hybridized carbons (Fsp3) is 0.500. The van der Waals surface area contributed by atoms with E-state index in [1.54, 1.807) is 18.3 Å². The van der Waals surface area contributed by atoms with E-state index in [9.17, 15) is 4.79 Å². The normalized spacial score (nSPS) is 19.2. The van der Waals surface area contributed by atoms with E-state index in [2.05, 4.69) is 4.98 Å². The van der Waals surface area contributed by atoms with Crippen LogP contribution in [-0.4, -0.2) is 30.8 Å². The maximum Gasteiger partial charge on any atom is 0.356 e. The van der Waals surface area contributed by atoms with E-state index in [0.717, 1.165) is 18.6 Å². The van der Waals surface area contributed by atoms with Crippen LogP contribution in [0.25, 0.3) is 0 Å². The maximum atomic E-state index is 11.6. The SMILES string of the molecule is NCc1ccc(C(=O)OCC2CCOC2)nc1. The van der Waals surface area contributed by atoms with Gasteiger partial charge in [0.25, 0.3) is 0 Å². The summed E-state index contributed by atoms with van der Waals surface area (Å²) in [4.78, 5) is 15.7. The van der Waals surface area contributed by atoms with Crippen LogP contribution in [0, 0.1) is 5.92 Å². The number of hydrogen-bond acceptors (Lipinski definition) is 5. The van der Waals surface area contributed by atoms with Crippen molar-refractivity contribution in [2.24, 2.45) is 11.7 Å². The number of ether oxygens (including phenoxy) is 2. The van der Waals surface area contributed by atoms with Gasteiger partial charge in [0.05, 0.1) is 13.2 Å². The van der Waals surface area contributed by atoms with Crippen LogP contribution in [0.1, 0.15) is 22.5 Å². The van der Waals surface area contributed by atoms with E-state index >= 15 is 0 Å². The molecule has 92 valence electrons. The lowest BCUT2D eigenvalue weighted by molar-refractivity contribution is 0.0421. The monoisotopic (exact) mass is 236 g/mol. The van der Waals surface area contributed by atoms with Gasteiger partial charge in [-0.2, -0.15) is 0 Å². The standard InChI is InChI=1S/C12H16N2O3/c13-5-9-1-2-11(14-6-9)12(15)17-8-10-3-4-16-7-10/h1-2,6,10H,3-5,7-8,13H2. The van der Waals surface area contributed by atoms with E-state index < -0.39 is 0 Å². The van der Waals surface area contributed by atoms with Crippen molar-refractivity contribution < 1.29 is 14.3 Å². The molecule has 0 bridgehead atoms. The highest BCUT2D eigenvalue weighted by atomic mass is 16.5. The van der Waals surface area contributed by atoms with Gasteiger partial charge in [0, 0.05) is 25.3 Å². The molecule has 1 aliphatic heterocycles. The molecule has 0 aromatic carbocycles. The summed E-state index contributed by atoms with van der Waals surface area (Å²) in [7, 11) is 0. The van der Waals surface area contributed by atoms with Crippen LogP contribution in [0.3, 0.4) is 0 Å². The molecule has 5 heteroatoms. The molecule has 1 unspecified atom stereocenters. The third-order valence-corrected chi connectivity index (χ3v) is 2.74. The predicted molar refractivity (Wildman–Crippen MR) is 61.3 cm³/mol. The van der Waals surface area contributed by atoms with Gasteiger partial charge in [0.1, 0.15) is 5.69 Å². The van der Waals surface area contributed by atoms with Gasteiger partial charge in [-0.3, -0.25) is 0 Å². The van der Waals surface area contributed by atoms with Crippen LogP contribution < -0.4 is 5.73 Å². The lowest BCUT2D eigenvalue weighted by Crippen LogP contribution is -2.15. The Morgan fingerprint density at radius 1 is 1.59 bits per heavy atom. The Morgan fingerprint density at radius 3 is 3.06 bits per heavy atom. The van der Waals surface area contributed by atoms with Crippen molar-refractivity contribution in [3.63, 3.8) is 0 Å². The van der Waals surface area contributed by atoms with Gasteiger partial charge in [-0.15, -0.1) is 0 Å². The molecule has 1 aromatic heterocycles. The molecule has 0 spiro atoms. The van der Waals surface area contributed by atoms with Gasteiger partial charge in [-0.25, -0.2) is 9.78 Å². The highest BCUT2D eigenvalue weighted by Gasteiger charge is 2.18. The number of nitrogens with zero attached hydrogens (tertiary/aromatic N) is 1. The second-order valence-electron chi connectivity index (χ2n) is 4.08. The molecule has 5 nitrogen and oxygen atoms in total. The molecule has 1 fully saturated rings. The van der Waals surface area contributed by atoms with E-state index in [1.807, 2.05) is 0 Å². The lowest BCUT2D eigenvalue weighted by atomic mass is 10.1. The number of esters is 1. The molecule has 1 aliphatic rings. The van der Waals surface area contributed by atoms with Crippen molar-refractivity contribution in [1.29, 1.82) is 0 Å². The maximum absolute atomic E-state index is 11.6. The quantitative estimate of drug-likeness (QED) is 0.780. The number of hydrogen-bond donors (Lipinski definition) is 1. The van der Waals surface area contributed by atoms with Crippen LogP contribution >= 0.6 is 0 Å². The molecule has 0 saturated carbocycles. The summed E-state index contributed by atoms with van der Waals surface area (Å²) in [6.45, 7) is 2.25. The smallest absolute Gasteiger partial charge is 0.356 e. The minimum atomic E-state index is -0.388. The van der Waals surface area contributed by atoms with E-state index in [0.29, 0.717) is 31.4 Å². The lowest BCUT2D eigenvalue weighted by Gasteiger charge is -2.08. The summed E-state index contributed by atoms with van der Waals surface area (Å²) in [6, 6.07) is 3.41. The molecule has 1 aromatic rings. The van der Waals surface area contributed by atoms with Crippen LogP contribution in [0.15, 0.2) is 18.3 Å². The van der Waals surface area contributed by atoms with Crippen molar-refractivity contribution in [3.05, 3.63) is 29.6 Å². The number of carbonyl (C=O) groups excluding carboxylic acids is 1. The highest BCUT2D eigenvalue weighted by molar-refractivity contribution is 5.87. The Morgan fingerprint density at radius 2 is 2.47 bits per heavy atom. The number of pyridine rings is 1. The topological polar surface area (TPSA) is 74.4 Å². The zero-order chi connectivity index (χ0) is 12.1. The van der Waals surface area contributed by atoms with Gasteiger partial charge in [0.2, 0.25) is 0 Å². The zero-order valence-electron chi connectivity index (χ0n) is 9.59. The molecule has 17 heavy (non-hydrogen) atoms. The summed E-state index contributed by atoms with van der Waals surface area (Å²) in [5, 5.41) is 0. The number of carbonyl (C=O) groups is 1. The fourth-order valence-corrected chi connectivity index (χ4v) is 1.65. The molecular formula is C12H16N2O3. The second-order valence-corrected chi connectivity index (χ2v) is 4.08. The molecule has 0 aliphatic carbocycles. The van der Waals surface area contributed by atoms with Crippen molar-refractivity contribution in [3.8, 4) is 0 Å². The van der Waals surface area contributed by atoms with Crippen LogP contribution in [0.2, 0.25) is 0 Å². The average Bonchev–Trinajstić information content (AvgIpc) is 2.89. The van der Waals surface area contributed by atoms with E-state index in [1.165, 1.54) is 0 Å². The Kier molecular flexibility index (Phi) is 4.06. The molecule has 0 radical (unpaired) electrons. The van der Waals surface area contributed by atoms with Crippen molar-refractivity contribution >= 4 is 5.97 Å². The molecule has 1 atom stereocenters. The zero-order valence-corrected chi connectivity index (χ0v) is 9.59. The first-order valence-corrected chi connectivity index (χ1v) is 5.69. The van der Waals surface area contributed by atoms with Gasteiger partial charge in [-0.05, 0) is 18.1 Å². The minimum absolute atomic E-state index is 0.320. The first-order chi connectivity index (χ1) is 8.29. The third-order valence-electron chi connectivity index (χ3n) is 2.74. The van der Waals surface area contributed by atoms with Gasteiger partial charge < -0.3 is 15.2 Å². The predicted octanol–water partition coefficient (Wildman–Crippen LogP) is 0.734. The third kappa shape index (κ3) is 3.25. The van der Waals surface area contributed by atoms with Gasteiger partial charge in [0.15, 0.2) is 0 Å². The average molecular weight is 236 g/mol. The first-order valence-electron chi connectivity index (χ1n) is 5.69. The van der Waals surface area contributed by atoms with Gasteiger partial charge >= 0.3 is 5.97 Å². The number of nitrogens with two attached hydrogens (primary N) is 1. The van der Waals surface area contributed by atoms with Gasteiger partial charge in [-0.1, -0.05) is 6.07 Å². The van der Waals surface area contributed by atoms with E-state index in [-0.39, 0.29) is 5.97 Å². The van der Waals surface area contributed by atoms with Crippen LogP contribution in [0.4, 0.5) is 0 Å². The molecule has 0 amide bonds. The largest absolute Gasteiger partial charge is 0.461 e. The first kappa shape index (κ1) is 12.0. The van der Waals surface area contributed by atoms with Crippen molar-refractivity contribution in [1.82, 2.24) is 4.98 Å². The Balaban J connectivity index is 1.85. The molecule has 2 N–H and O–H groups in total. The van der Waals surface area contributed by atoms with Crippen LogP contribution in [0.5, 0.6) is 0 Å². The fourth-order valence-electron chi connectivity index (χ4n) is 1.65. The minimum Gasteiger partial charge on any atom is -0.461 e. The number of rotatable bonds is 4. The number of aromatic nitrogens is 1. The summed E-state index contributed by atoms with van der Waals surface area (Å²) in [5.41, 5.74) is 6.66. The van der Waals surface area contributed by atoms with Crippen molar-refractivity contribution in [2.75, 3.05) is 19.8 Å². The molecule has 1 saturated heterocycles. The molecule has 2 heterocycles. The summed E-state index contributed by atoms with van der Waals surface area (Å²) < 4.78 is 10.4. The Labute approximate surface area is 99.9 Å². The van der Waals surface area contributed by atoms with Crippen LogP contribution in [-0.2, 0) is 16.0 Å².